The molecule has 3 heteroatoms. The zero-order valence-corrected chi connectivity index (χ0v) is 10.1. The van der Waals surface area contributed by atoms with E-state index in [-0.39, 0.29) is 0 Å². The molecule has 1 fully saturated rings. The third-order valence-electron chi connectivity index (χ3n) is 2.60. The van der Waals surface area contributed by atoms with E-state index in [0.717, 1.165) is 5.92 Å². The minimum atomic E-state index is 0.565. The molecule has 0 amide bonds. The minimum Gasteiger partial charge on any atom is -0.313 e. The highest BCUT2D eigenvalue weighted by molar-refractivity contribution is 9.11. The molecule has 1 aliphatic carbocycles. The molecule has 0 spiro atoms. The number of hydrogen-bond acceptors (Lipinski definition) is 2. The van der Waals surface area contributed by atoms with Gasteiger partial charge in [-0.15, -0.1) is 11.3 Å². The molecule has 1 aromatic heterocycles. The molecule has 0 aliphatic heterocycles. The van der Waals surface area contributed by atoms with Crippen molar-refractivity contribution in [3.05, 3.63) is 20.8 Å². The normalized spacial score (nSPS) is 18.9. The lowest BCUT2D eigenvalue weighted by atomic mass is 10.1. The van der Waals surface area contributed by atoms with Crippen LogP contribution in [0.5, 0.6) is 0 Å². The van der Waals surface area contributed by atoms with E-state index in [4.69, 9.17) is 0 Å². The van der Waals surface area contributed by atoms with Crippen LogP contribution in [-0.4, -0.2) is 7.05 Å². The number of nitrogens with one attached hydrogen (secondary N) is 1. The molecule has 0 bridgehead atoms. The number of thiophene rings is 1. The Labute approximate surface area is 91.7 Å². The predicted molar refractivity (Wildman–Crippen MR) is 61.2 cm³/mol. The van der Waals surface area contributed by atoms with Crippen molar-refractivity contribution in [1.82, 2.24) is 5.32 Å². The van der Waals surface area contributed by atoms with Gasteiger partial charge in [-0.1, -0.05) is 12.8 Å². The van der Waals surface area contributed by atoms with Gasteiger partial charge in [0.2, 0.25) is 0 Å². The smallest absolute Gasteiger partial charge is 0.0701 e. The molecular weight excluding hydrogens is 246 g/mol. The van der Waals surface area contributed by atoms with Crippen molar-refractivity contribution in [1.29, 1.82) is 0 Å². The van der Waals surface area contributed by atoms with Gasteiger partial charge in [0.1, 0.15) is 0 Å². The van der Waals surface area contributed by atoms with Crippen molar-refractivity contribution in [2.75, 3.05) is 7.05 Å². The molecule has 1 aromatic rings. The van der Waals surface area contributed by atoms with Crippen LogP contribution in [0, 0.1) is 5.92 Å². The van der Waals surface area contributed by atoms with E-state index in [9.17, 15) is 0 Å². The number of rotatable bonds is 4. The zero-order valence-electron chi connectivity index (χ0n) is 7.72. The van der Waals surface area contributed by atoms with Crippen LogP contribution in [0.2, 0.25) is 0 Å². The molecule has 1 atom stereocenters. The summed E-state index contributed by atoms with van der Waals surface area (Å²) >= 11 is 5.27. The fourth-order valence-corrected chi connectivity index (χ4v) is 2.84. The van der Waals surface area contributed by atoms with Gasteiger partial charge in [0.05, 0.1) is 3.79 Å². The first-order valence-corrected chi connectivity index (χ1v) is 6.38. The number of halogens is 1. The second-order valence-electron chi connectivity index (χ2n) is 3.70. The van der Waals surface area contributed by atoms with Gasteiger partial charge in [0, 0.05) is 6.04 Å². The SMILES string of the molecule is CNC(CC1CC1)c1csc(Br)c1. The highest BCUT2D eigenvalue weighted by atomic mass is 79.9. The Morgan fingerprint density at radius 3 is 2.92 bits per heavy atom. The summed E-state index contributed by atoms with van der Waals surface area (Å²) in [4.78, 5) is 0. The second-order valence-corrected chi connectivity index (χ2v) is 5.99. The van der Waals surface area contributed by atoms with Crippen molar-refractivity contribution in [3.63, 3.8) is 0 Å². The molecule has 0 aromatic carbocycles. The van der Waals surface area contributed by atoms with Gasteiger partial charge in [-0.05, 0) is 52.3 Å². The number of hydrogen-bond donors (Lipinski definition) is 1. The summed E-state index contributed by atoms with van der Waals surface area (Å²) in [6.07, 6.45) is 4.17. The van der Waals surface area contributed by atoms with E-state index >= 15 is 0 Å². The summed E-state index contributed by atoms with van der Waals surface area (Å²) < 4.78 is 1.23. The summed E-state index contributed by atoms with van der Waals surface area (Å²) in [5.74, 6) is 0.983. The Bertz CT molecular complexity index is 280. The Hall–Kier alpha value is 0.140. The quantitative estimate of drug-likeness (QED) is 0.872. The topological polar surface area (TPSA) is 12.0 Å². The molecule has 13 heavy (non-hydrogen) atoms. The predicted octanol–water partition coefficient (Wildman–Crippen LogP) is 3.57. The third kappa shape index (κ3) is 2.55. The van der Waals surface area contributed by atoms with E-state index in [1.165, 1.54) is 28.6 Å². The van der Waals surface area contributed by atoms with Crippen LogP contribution in [0.15, 0.2) is 15.2 Å². The fourth-order valence-electron chi connectivity index (χ4n) is 1.61. The molecule has 1 saturated carbocycles. The van der Waals surface area contributed by atoms with Crippen molar-refractivity contribution in [3.8, 4) is 0 Å². The Balaban J connectivity index is 2.01. The van der Waals surface area contributed by atoms with E-state index in [0.29, 0.717) is 6.04 Å². The van der Waals surface area contributed by atoms with Crippen molar-refractivity contribution >= 4 is 27.3 Å². The van der Waals surface area contributed by atoms with Gasteiger partial charge in [-0.2, -0.15) is 0 Å². The van der Waals surface area contributed by atoms with E-state index in [2.05, 4.69) is 39.7 Å². The minimum absolute atomic E-state index is 0.565. The zero-order chi connectivity index (χ0) is 9.26. The molecule has 1 aliphatic rings. The Morgan fingerprint density at radius 1 is 1.69 bits per heavy atom. The standard InChI is InChI=1S/C10H14BrNS/c1-12-9(4-7-2-3-7)8-5-10(11)13-6-8/h5-7,9,12H,2-4H2,1H3. The molecule has 1 unspecified atom stereocenters. The average Bonchev–Trinajstić information content (AvgIpc) is 2.84. The first kappa shape index (κ1) is 9.69. The van der Waals surface area contributed by atoms with Crippen molar-refractivity contribution < 1.29 is 0 Å². The summed E-state index contributed by atoms with van der Waals surface area (Å²) in [5.41, 5.74) is 1.44. The van der Waals surface area contributed by atoms with Crippen LogP contribution in [0.3, 0.4) is 0 Å². The van der Waals surface area contributed by atoms with Gasteiger partial charge >= 0.3 is 0 Å². The summed E-state index contributed by atoms with van der Waals surface area (Å²) in [6.45, 7) is 0. The van der Waals surface area contributed by atoms with Crippen LogP contribution < -0.4 is 5.32 Å². The maximum atomic E-state index is 3.50. The monoisotopic (exact) mass is 259 g/mol. The molecule has 0 saturated heterocycles. The maximum absolute atomic E-state index is 3.50. The highest BCUT2D eigenvalue weighted by Crippen LogP contribution is 2.38. The molecular formula is C10H14BrNS. The summed E-state index contributed by atoms with van der Waals surface area (Å²) in [7, 11) is 2.05. The lowest BCUT2D eigenvalue weighted by Crippen LogP contribution is -2.16. The summed E-state index contributed by atoms with van der Waals surface area (Å²) in [6, 6.07) is 2.80. The van der Waals surface area contributed by atoms with Crippen LogP contribution in [0.4, 0.5) is 0 Å². The first-order valence-electron chi connectivity index (χ1n) is 4.71. The van der Waals surface area contributed by atoms with E-state index < -0.39 is 0 Å². The Kier molecular flexibility index (Phi) is 3.06. The molecule has 1 N–H and O–H groups in total. The van der Waals surface area contributed by atoms with Crippen molar-refractivity contribution in [2.24, 2.45) is 5.92 Å². The van der Waals surface area contributed by atoms with Crippen LogP contribution in [0.1, 0.15) is 30.9 Å². The average molecular weight is 260 g/mol. The summed E-state index contributed by atoms with van der Waals surface area (Å²) in [5, 5.41) is 5.63. The lowest BCUT2D eigenvalue weighted by Gasteiger charge is -2.13. The maximum Gasteiger partial charge on any atom is 0.0701 e. The fraction of sp³-hybridized carbons (Fsp3) is 0.600. The largest absolute Gasteiger partial charge is 0.313 e. The van der Waals surface area contributed by atoms with Crippen LogP contribution >= 0.6 is 27.3 Å². The highest BCUT2D eigenvalue weighted by Gasteiger charge is 2.25. The van der Waals surface area contributed by atoms with Crippen LogP contribution in [0.25, 0.3) is 0 Å². The van der Waals surface area contributed by atoms with Gasteiger partial charge < -0.3 is 5.32 Å². The van der Waals surface area contributed by atoms with Gasteiger partial charge in [0.25, 0.3) is 0 Å². The Morgan fingerprint density at radius 2 is 2.46 bits per heavy atom. The second kappa shape index (κ2) is 4.11. The van der Waals surface area contributed by atoms with Crippen molar-refractivity contribution in [2.45, 2.75) is 25.3 Å². The van der Waals surface area contributed by atoms with Gasteiger partial charge in [-0.3, -0.25) is 0 Å². The van der Waals surface area contributed by atoms with E-state index in [1.807, 2.05) is 0 Å². The van der Waals surface area contributed by atoms with Gasteiger partial charge in [-0.25, -0.2) is 0 Å². The molecule has 1 nitrogen and oxygen atoms in total. The van der Waals surface area contributed by atoms with Gasteiger partial charge in [0.15, 0.2) is 0 Å². The first-order chi connectivity index (χ1) is 6.29. The van der Waals surface area contributed by atoms with E-state index in [1.54, 1.807) is 11.3 Å². The third-order valence-corrected chi connectivity index (χ3v) is 4.13. The molecule has 2 rings (SSSR count). The molecule has 1 heterocycles. The molecule has 72 valence electrons. The lowest BCUT2D eigenvalue weighted by molar-refractivity contribution is 0.516. The van der Waals surface area contributed by atoms with Crippen LogP contribution in [-0.2, 0) is 0 Å². The molecule has 0 radical (unpaired) electrons.